The Hall–Kier alpha value is -2.54. The Kier molecular flexibility index (Phi) is 4.36. The van der Waals surface area contributed by atoms with Crippen LogP contribution in [-0.2, 0) is 21.4 Å². The minimum Gasteiger partial charge on any atom is -0.490 e. The molecule has 2 heterocycles. The molecule has 1 aromatic rings. The molecule has 1 amide bonds. The summed E-state index contributed by atoms with van der Waals surface area (Å²) in [5.41, 5.74) is -0.459. The summed E-state index contributed by atoms with van der Waals surface area (Å²) in [6, 6.07) is 3.34. The van der Waals surface area contributed by atoms with Crippen LogP contribution in [0.5, 0.6) is 11.5 Å². The molecule has 1 saturated heterocycles. The Bertz CT molecular complexity index is 942. The van der Waals surface area contributed by atoms with Crippen LogP contribution in [0.2, 0.25) is 0 Å². The fourth-order valence-electron chi connectivity index (χ4n) is 5.78. The third-order valence-corrected chi connectivity index (χ3v) is 7.11. The lowest BCUT2D eigenvalue weighted by molar-refractivity contribution is -0.150. The Morgan fingerprint density at radius 2 is 2.20 bits per heavy atom. The van der Waals surface area contributed by atoms with Crippen LogP contribution in [0.1, 0.15) is 44.2 Å². The third-order valence-electron chi connectivity index (χ3n) is 7.11. The Morgan fingerprint density at radius 3 is 2.97 bits per heavy atom. The zero-order valence-electron chi connectivity index (χ0n) is 17.3. The van der Waals surface area contributed by atoms with E-state index >= 15 is 0 Å². The molecule has 1 aromatic carbocycles. The molecule has 160 valence electrons. The van der Waals surface area contributed by atoms with Crippen LogP contribution < -0.4 is 9.47 Å². The fraction of sp³-hybridized carbons (Fsp3) is 0.565. The van der Waals surface area contributed by atoms with Gasteiger partial charge in [0.2, 0.25) is 0 Å². The third kappa shape index (κ3) is 2.30. The molecule has 2 aliphatic carbocycles. The van der Waals surface area contributed by atoms with Crippen molar-refractivity contribution in [3.8, 4) is 11.5 Å². The highest BCUT2D eigenvalue weighted by Gasteiger charge is 2.72. The van der Waals surface area contributed by atoms with Gasteiger partial charge in [0.25, 0.3) is 0 Å². The molecule has 0 aromatic heterocycles. The molecular weight excluding hydrogens is 386 g/mol. The van der Waals surface area contributed by atoms with Crippen LogP contribution in [0.15, 0.2) is 24.3 Å². The highest BCUT2D eigenvalue weighted by Crippen LogP contribution is 2.63. The van der Waals surface area contributed by atoms with Crippen molar-refractivity contribution >= 4 is 11.9 Å². The Balaban J connectivity index is 1.65. The van der Waals surface area contributed by atoms with Crippen molar-refractivity contribution in [2.24, 2.45) is 0 Å². The van der Waals surface area contributed by atoms with Crippen molar-refractivity contribution < 1.29 is 28.9 Å². The van der Waals surface area contributed by atoms with E-state index in [1.807, 2.05) is 12.1 Å². The first-order valence-electron chi connectivity index (χ1n) is 10.8. The normalized spacial score (nSPS) is 32.5. The van der Waals surface area contributed by atoms with Gasteiger partial charge in [-0.05, 0) is 50.0 Å². The SMILES string of the molecule is CCCCOc1ccc2c3c1O[C@H]1C(=O)C=C[C@@]4(O)C(C2)N(C(=O)OCC)CC[C@]314. The summed E-state index contributed by atoms with van der Waals surface area (Å²) < 4.78 is 17.5. The smallest absolute Gasteiger partial charge is 0.410 e. The molecule has 5 rings (SSSR count). The van der Waals surface area contributed by atoms with Crippen molar-refractivity contribution in [2.45, 2.75) is 62.7 Å². The van der Waals surface area contributed by atoms with E-state index in [9.17, 15) is 14.7 Å². The van der Waals surface area contributed by atoms with Gasteiger partial charge in [-0.3, -0.25) is 4.79 Å². The van der Waals surface area contributed by atoms with Crippen LogP contribution in [0, 0.1) is 0 Å². The monoisotopic (exact) mass is 413 g/mol. The number of ether oxygens (including phenoxy) is 3. The van der Waals surface area contributed by atoms with Crippen LogP contribution >= 0.6 is 0 Å². The molecule has 7 heteroatoms. The van der Waals surface area contributed by atoms with E-state index < -0.39 is 29.3 Å². The van der Waals surface area contributed by atoms with Gasteiger partial charge in [-0.1, -0.05) is 19.4 Å². The standard InChI is InChI=1S/C23H27NO6/c1-3-5-12-29-16-7-6-14-13-17-23(27)9-8-15(25)20-22(23,18(14)19(16)30-20)10-11-24(17)21(26)28-4-2/h6-9,17,20,27H,3-5,10-13H2,1-2H3/t17?,20-,22-,23+/m0/s1. The lowest BCUT2D eigenvalue weighted by Gasteiger charge is -2.60. The van der Waals surface area contributed by atoms with Crippen LogP contribution in [0.3, 0.4) is 0 Å². The number of aliphatic hydroxyl groups is 1. The predicted molar refractivity (Wildman–Crippen MR) is 108 cm³/mol. The topological polar surface area (TPSA) is 85.3 Å². The number of carbonyl (C=O) groups excluding carboxylic acids is 2. The molecule has 30 heavy (non-hydrogen) atoms. The number of rotatable bonds is 5. The Labute approximate surface area is 175 Å². The molecule has 2 aliphatic heterocycles. The number of ketones is 1. The molecule has 1 unspecified atom stereocenters. The van der Waals surface area contributed by atoms with Gasteiger partial charge in [0.05, 0.1) is 24.7 Å². The minimum atomic E-state index is -1.41. The maximum Gasteiger partial charge on any atom is 0.410 e. The average Bonchev–Trinajstić information content (AvgIpc) is 3.07. The van der Waals surface area contributed by atoms with Crippen molar-refractivity contribution in [1.82, 2.24) is 4.90 Å². The number of likely N-dealkylation sites (tertiary alicyclic amines) is 1. The summed E-state index contributed by atoms with van der Waals surface area (Å²) in [7, 11) is 0. The van der Waals surface area contributed by atoms with E-state index in [2.05, 4.69) is 6.92 Å². The van der Waals surface area contributed by atoms with E-state index in [4.69, 9.17) is 14.2 Å². The highest BCUT2D eigenvalue weighted by molar-refractivity contribution is 5.99. The quantitative estimate of drug-likeness (QED) is 0.747. The first-order valence-corrected chi connectivity index (χ1v) is 10.8. The number of benzene rings is 1. The van der Waals surface area contributed by atoms with Gasteiger partial charge >= 0.3 is 6.09 Å². The molecule has 4 aliphatic rings. The van der Waals surface area contributed by atoms with E-state index in [-0.39, 0.29) is 12.4 Å². The van der Waals surface area contributed by atoms with Crippen molar-refractivity contribution in [3.63, 3.8) is 0 Å². The van der Waals surface area contributed by atoms with Gasteiger partial charge in [-0.15, -0.1) is 0 Å². The first kappa shape index (κ1) is 19.4. The second-order valence-electron chi connectivity index (χ2n) is 8.52. The maximum absolute atomic E-state index is 12.9. The molecule has 1 fully saturated rings. The number of amides is 1. The van der Waals surface area contributed by atoms with E-state index in [0.717, 1.165) is 24.0 Å². The largest absolute Gasteiger partial charge is 0.490 e. The summed E-state index contributed by atoms with van der Waals surface area (Å²) in [5.74, 6) is 1.03. The molecular formula is C23H27NO6. The number of carbonyl (C=O) groups is 2. The van der Waals surface area contributed by atoms with Gasteiger partial charge in [-0.25, -0.2) is 4.79 Å². The molecule has 7 nitrogen and oxygen atoms in total. The van der Waals surface area contributed by atoms with E-state index in [0.29, 0.717) is 37.5 Å². The number of hydrogen-bond donors (Lipinski definition) is 1. The molecule has 0 saturated carbocycles. The number of nitrogens with zero attached hydrogens (tertiary/aromatic N) is 1. The van der Waals surface area contributed by atoms with Crippen LogP contribution in [-0.4, -0.2) is 59.4 Å². The average molecular weight is 413 g/mol. The van der Waals surface area contributed by atoms with Crippen molar-refractivity contribution in [2.75, 3.05) is 19.8 Å². The Morgan fingerprint density at radius 1 is 1.37 bits per heavy atom. The summed E-state index contributed by atoms with van der Waals surface area (Å²) in [4.78, 5) is 27.1. The lowest BCUT2D eigenvalue weighted by atomic mass is 9.51. The van der Waals surface area contributed by atoms with Crippen molar-refractivity contribution in [1.29, 1.82) is 0 Å². The van der Waals surface area contributed by atoms with E-state index in [1.54, 1.807) is 17.9 Å². The van der Waals surface area contributed by atoms with Crippen molar-refractivity contribution in [3.05, 3.63) is 35.4 Å². The second-order valence-corrected chi connectivity index (χ2v) is 8.52. The van der Waals surface area contributed by atoms with Gasteiger partial charge < -0.3 is 24.2 Å². The van der Waals surface area contributed by atoms with E-state index in [1.165, 1.54) is 6.08 Å². The number of piperidine rings is 1. The van der Waals surface area contributed by atoms with Gasteiger partial charge in [0.1, 0.15) is 5.60 Å². The van der Waals surface area contributed by atoms with Gasteiger partial charge in [-0.2, -0.15) is 0 Å². The van der Waals surface area contributed by atoms with Gasteiger partial charge in [0, 0.05) is 12.1 Å². The first-order chi connectivity index (χ1) is 14.5. The molecule has 1 spiro atoms. The van der Waals surface area contributed by atoms with Gasteiger partial charge in [0.15, 0.2) is 23.4 Å². The summed E-state index contributed by atoms with van der Waals surface area (Å²) in [5, 5.41) is 12.0. The highest BCUT2D eigenvalue weighted by atomic mass is 16.6. The molecule has 0 radical (unpaired) electrons. The predicted octanol–water partition coefficient (Wildman–Crippen LogP) is 2.52. The second kappa shape index (κ2) is 6.74. The maximum atomic E-state index is 12.9. The fourth-order valence-corrected chi connectivity index (χ4v) is 5.78. The summed E-state index contributed by atoms with van der Waals surface area (Å²) >= 11 is 0. The zero-order chi connectivity index (χ0) is 21.1. The van der Waals surface area contributed by atoms with Crippen LogP contribution in [0.25, 0.3) is 0 Å². The minimum absolute atomic E-state index is 0.161. The summed E-state index contributed by atoms with van der Waals surface area (Å²) in [6.45, 7) is 5.10. The number of unbranched alkanes of at least 4 members (excludes halogenated alkanes) is 1. The molecule has 4 atom stereocenters. The zero-order valence-corrected chi connectivity index (χ0v) is 17.3. The van der Waals surface area contributed by atoms with Crippen LogP contribution in [0.4, 0.5) is 4.79 Å². The molecule has 1 N–H and O–H groups in total. The number of hydrogen-bond acceptors (Lipinski definition) is 6. The summed E-state index contributed by atoms with van der Waals surface area (Å²) in [6.07, 6.45) is 4.54. The lowest BCUT2D eigenvalue weighted by Crippen LogP contribution is -2.75. The molecule has 2 bridgehead atoms.